The number of rotatable bonds is 7. The molecule has 1 aromatic heterocycles. The molecule has 1 amide bonds. The molecule has 8 nitrogen and oxygen atoms in total. The van der Waals surface area contributed by atoms with E-state index < -0.39 is 16.9 Å². The summed E-state index contributed by atoms with van der Waals surface area (Å²) in [5.74, 6) is 0.880. The summed E-state index contributed by atoms with van der Waals surface area (Å²) < 4.78 is 10.8. The predicted octanol–water partition coefficient (Wildman–Crippen LogP) is 2.45. The van der Waals surface area contributed by atoms with Gasteiger partial charge in [-0.05, 0) is 24.3 Å². The maximum atomic E-state index is 12.4. The van der Waals surface area contributed by atoms with Gasteiger partial charge in [0.25, 0.3) is 11.6 Å². The van der Waals surface area contributed by atoms with Crippen molar-refractivity contribution >= 4 is 17.3 Å². The molecule has 1 unspecified atom stereocenters. The zero-order chi connectivity index (χ0) is 17.7. The van der Waals surface area contributed by atoms with Crippen molar-refractivity contribution in [2.75, 3.05) is 19.5 Å². The van der Waals surface area contributed by atoms with Crippen molar-refractivity contribution < 1.29 is 18.9 Å². The summed E-state index contributed by atoms with van der Waals surface area (Å²) >= 11 is 0. The Balaban J connectivity index is 2.21. The topological polar surface area (TPSA) is 121 Å². The molecule has 0 bridgehead atoms. The van der Waals surface area contributed by atoms with Gasteiger partial charge in [-0.25, -0.2) is 0 Å². The van der Waals surface area contributed by atoms with Crippen LogP contribution in [0.15, 0.2) is 34.7 Å². The van der Waals surface area contributed by atoms with Gasteiger partial charge in [-0.15, -0.1) is 0 Å². The molecule has 24 heavy (non-hydrogen) atoms. The monoisotopic (exact) mass is 333 g/mol. The quantitative estimate of drug-likeness (QED) is 0.456. The molecule has 128 valence electrons. The number of methoxy groups -OCH3 is 1. The standard InChI is InChI=1S/C16H19N3O5/c1-3-11-5-7-15(24-11)13(9-23-2)18-16(20)10-4-6-12(17)14(8-10)19(21)22/h4-8,13H,3,9,17H2,1-2H3,(H,18,20). The lowest BCUT2D eigenvalue weighted by atomic mass is 10.1. The van der Waals surface area contributed by atoms with Gasteiger partial charge >= 0.3 is 0 Å². The molecular weight excluding hydrogens is 314 g/mol. The molecule has 2 aromatic rings. The van der Waals surface area contributed by atoms with Crippen LogP contribution in [0, 0.1) is 10.1 Å². The lowest BCUT2D eigenvalue weighted by Gasteiger charge is -2.16. The van der Waals surface area contributed by atoms with E-state index in [0.29, 0.717) is 5.76 Å². The Morgan fingerprint density at radius 3 is 2.75 bits per heavy atom. The van der Waals surface area contributed by atoms with Gasteiger partial charge in [0.1, 0.15) is 23.2 Å². The maximum absolute atomic E-state index is 12.4. The van der Waals surface area contributed by atoms with Gasteiger partial charge in [-0.1, -0.05) is 6.92 Å². The predicted molar refractivity (Wildman–Crippen MR) is 87.7 cm³/mol. The van der Waals surface area contributed by atoms with E-state index in [1.165, 1.54) is 19.2 Å². The molecule has 2 rings (SSSR count). The maximum Gasteiger partial charge on any atom is 0.292 e. The van der Waals surface area contributed by atoms with Crippen LogP contribution >= 0.6 is 0 Å². The Kier molecular flexibility index (Phi) is 5.54. The zero-order valence-corrected chi connectivity index (χ0v) is 13.4. The number of amides is 1. The Hall–Kier alpha value is -2.87. The first-order chi connectivity index (χ1) is 11.5. The SMILES string of the molecule is CCc1ccc(C(COC)NC(=O)c2ccc(N)c([N+](=O)[O-])c2)o1. The van der Waals surface area contributed by atoms with Crippen LogP contribution < -0.4 is 11.1 Å². The summed E-state index contributed by atoms with van der Waals surface area (Å²) in [6.45, 7) is 2.17. The number of anilines is 1. The number of hydrogen-bond donors (Lipinski definition) is 2. The largest absolute Gasteiger partial charge is 0.464 e. The first-order valence-corrected chi connectivity index (χ1v) is 7.38. The molecule has 1 aromatic carbocycles. The highest BCUT2D eigenvalue weighted by Gasteiger charge is 2.21. The summed E-state index contributed by atoms with van der Waals surface area (Å²) in [6.07, 6.45) is 0.734. The lowest BCUT2D eigenvalue weighted by Crippen LogP contribution is -2.31. The van der Waals surface area contributed by atoms with Crippen LogP contribution in [0.2, 0.25) is 0 Å². The Bertz CT molecular complexity index is 741. The normalized spacial score (nSPS) is 11.9. The number of furan rings is 1. The third-order valence-corrected chi connectivity index (χ3v) is 3.50. The summed E-state index contributed by atoms with van der Waals surface area (Å²) in [6, 6.07) is 7.02. The molecule has 0 fully saturated rings. The van der Waals surface area contributed by atoms with E-state index in [4.69, 9.17) is 14.9 Å². The van der Waals surface area contributed by atoms with Crippen LogP contribution in [-0.2, 0) is 11.2 Å². The molecule has 0 spiro atoms. The average molecular weight is 333 g/mol. The number of nitrogens with zero attached hydrogens (tertiary/aromatic N) is 1. The summed E-state index contributed by atoms with van der Waals surface area (Å²) in [5, 5.41) is 13.7. The third kappa shape index (κ3) is 3.90. The van der Waals surface area contributed by atoms with Crippen LogP contribution in [0.5, 0.6) is 0 Å². The molecule has 0 aliphatic heterocycles. The Morgan fingerprint density at radius 1 is 1.42 bits per heavy atom. The first-order valence-electron chi connectivity index (χ1n) is 7.38. The minimum Gasteiger partial charge on any atom is -0.464 e. The van der Waals surface area contributed by atoms with Crippen molar-refractivity contribution in [1.29, 1.82) is 0 Å². The fourth-order valence-corrected chi connectivity index (χ4v) is 2.22. The molecule has 3 N–H and O–H groups in total. The molecule has 8 heteroatoms. The van der Waals surface area contributed by atoms with E-state index >= 15 is 0 Å². The van der Waals surface area contributed by atoms with Crippen molar-refractivity contribution in [2.45, 2.75) is 19.4 Å². The van der Waals surface area contributed by atoms with Crippen LogP contribution in [0.1, 0.15) is 34.8 Å². The van der Waals surface area contributed by atoms with Crippen LogP contribution in [-0.4, -0.2) is 24.5 Å². The number of carbonyl (C=O) groups is 1. The molecule has 0 radical (unpaired) electrons. The number of aryl methyl sites for hydroxylation is 1. The highest BCUT2D eigenvalue weighted by molar-refractivity contribution is 5.95. The fraction of sp³-hybridized carbons (Fsp3) is 0.312. The summed E-state index contributed by atoms with van der Waals surface area (Å²) in [7, 11) is 1.51. The van der Waals surface area contributed by atoms with Crippen molar-refractivity contribution in [3.05, 3.63) is 57.5 Å². The van der Waals surface area contributed by atoms with Crippen LogP contribution in [0.4, 0.5) is 11.4 Å². The Morgan fingerprint density at radius 2 is 2.17 bits per heavy atom. The molecule has 0 saturated carbocycles. The second kappa shape index (κ2) is 7.60. The van der Waals surface area contributed by atoms with E-state index in [1.54, 1.807) is 6.07 Å². The molecular formula is C16H19N3O5. The summed E-state index contributed by atoms with van der Waals surface area (Å²) in [5.41, 5.74) is 5.37. The molecule has 1 heterocycles. The number of ether oxygens (including phenoxy) is 1. The Labute approximate surface area is 138 Å². The minimum atomic E-state index is -0.626. The van der Waals surface area contributed by atoms with E-state index in [9.17, 15) is 14.9 Å². The molecule has 0 aliphatic rings. The van der Waals surface area contributed by atoms with Gasteiger partial charge in [0, 0.05) is 25.2 Å². The van der Waals surface area contributed by atoms with Crippen molar-refractivity contribution in [3.63, 3.8) is 0 Å². The third-order valence-electron chi connectivity index (χ3n) is 3.50. The lowest BCUT2D eigenvalue weighted by molar-refractivity contribution is -0.383. The van der Waals surface area contributed by atoms with E-state index in [0.717, 1.165) is 18.2 Å². The van der Waals surface area contributed by atoms with Gasteiger partial charge in [-0.2, -0.15) is 0 Å². The molecule has 0 aliphatic carbocycles. The van der Waals surface area contributed by atoms with Gasteiger partial charge in [0.15, 0.2) is 0 Å². The van der Waals surface area contributed by atoms with Crippen molar-refractivity contribution in [1.82, 2.24) is 5.32 Å². The number of benzene rings is 1. The van der Waals surface area contributed by atoms with E-state index in [1.807, 2.05) is 13.0 Å². The van der Waals surface area contributed by atoms with Crippen molar-refractivity contribution in [2.24, 2.45) is 0 Å². The highest BCUT2D eigenvalue weighted by atomic mass is 16.6. The second-order valence-corrected chi connectivity index (χ2v) is 5.17. The van der Waals surface area contributed by atoms with Gasteiger partial charge in [0.2, 0.25) is 0 Å². The van der Waals surface area contributed by atoms with Crippen molar-refractivity contribution in [3.8, 4) is 0 Å². The zero-order valence-electron chi connectivity index (χ0n) is 13.4. The number of hydrogen-bond acceptors (Lipinski definition) is 6. The van der Waals surface area contributed by atoms with Crippen LogP contribution in [0.25, 0.3) is 0 Å². The minimum absolute atomic E-state index is 0.00335. The number of nitrogen functional groups attached to an aromatic ring is 1. The van der Waals surface area contributed by atoms with Gasteiger partial charge in [-0.3, -0.25) is 14.9 Å². The smallest absolute Gasteiger partial charge is 0.292 e. The number of carbonyl (C=O) groups excluding carboxylic acids is 1. The van der Waals surface area contributed by atoms with Gasteiger partial charge in [0.05, 0.1) is 11.5 Å². The molecule has 0 saturated heterocycles. The summed E-state index contributed by atoms with van der Waals surface area (Å²) in [4.78, 5) is 22.7. The number of nitro groups is 1. The number of nitrogens with two attached hydrogens (primary N) is 1. The van der Waals surface area contributed by atoms with E-state index in [-0.39, 0.29) is 23.5 Å². The average Bonchev–Trinajstić information content (AvgIpc) is 3.03. The van der Waals surface area contributed by atoms with Crippen LogP contribution in [0.3, 0.4) is 0 Å². The second-order valence-electron chi connectivity index (χ2n) is 5.17. The highest BCUT2D eigenvalue weighted by Crippen LogP contribution is 2.23. The number of nitro benzene ring substituents is 1. The number of nitrogens with one attached hydrogen (secondary N) is 1. The first kappa shape index (κ1) is 17.5. The fourth-order valence-electron chi connectivity index (χ4n) is 2.22. The van der Waals surface area contributed by atoms with E-state index in [2.05, 4.69) is 5.32 Å². The van der Waals surface area contributed by atoms with Gasteiger partial charge < -0.3 is 20.2 Å². The molecule has 1 atom stereocenters.